The molecule has 0 saturated heterocycles. The molecule has 0 saturated carbocycles. The number of carbonyl (C=O) groups excluding carboxylic acids is 2. The lowest BCUT2D eigenvalue weighted by atomic mass is 10.1. The van der Waals surface area contributed by atoms with E-state index in [0.29, 0.717) is 4.47 Å². The van der Waals surface area contributed by atoms with Gasteiger partial charge in [0.1, 0.15) is 10.8 Å². The van der Waals surface area contributed by atoms with E-state index in [-0.39, 0.29) is 10.7 Å². The van der Waals surface area contributed by atoms with Gasteiger partial charge in [0.2, 0.25) is 0 Å². The van der Waals surface area contributed by atoms with Crippen LogP contribution in [0.25, 0.3) is 0 Å². The van der Waals surface area contributed by atoms with Crippen molar-refractivity contribution in [2.24, 2.45) is 0 Å². The Morgan fingerprint density at radius 2 is 2.06 bits per heavy atom. The van der Waals surface area contributed by atoms with Crippen molar-refractivity contribution in [3.05, 3.63) is 27.5 Å². The largest absolute Gasteiger partial charge is 0.381 e. The lowest BCUT2D eigenvalue weighted by Crippen LogP contribution is -2.50. The van der Waals surface area contributed by atoms with Gasteiger partial charge in [-0.05, 0) is 35.8 Å². The monoisotopic (exact) mass is 335 g/mol. The van der Waals surface area contributed by atoms with E-state index < -0.39 is 17.4 Å². The Hall–Kier alpha value is -1.18. The Kier molecular flexibility index (Phi) is 4.66. The van der Waals surface area contributed by atoms with Crippen molar-refractivity contribution in [2.45, 2.75) is 19.4 Å². The van der Waals surface area contributed by atoms with Gasteiger partial charge in [0, 0.05) is 6.20 Å². The maximum Gasteiger partial charge on any atom is 0.271 e. The number of aliphatic hydroxyl groups is 1. The van der Waals surface area contributed by atoms with E-state index in [4.69, 9.17) is 11.6 Å². The van der Waals surface area contributed by atoms with Crippen LogP contribution in [-0.2, 0) is 4.79 Å². The van der Waals surface area contributed by atoms with E-state index in [1.165, 1.54) is 26.1 Å². The van der Waals surface area contributed by atoms with Crippen LogP contribution in [0, 0.1) is 0 Å². The van der Waals surface area contributed by atoms with Crippen molar-refractivity contribution in [3.8, 4) is 0 Å². The zero-order chi connectivity index (χ0) is 13.9. The smallest absolute Gasteiger partial charge is 0.271 e. The molecule has 0 atom stereocenters. The summed E-state index contributed by atoms with van der Waals surface area (Å²) in [7, 11) is 0. The summed E-state index contributed by atoms with van der Waals surface area (Å²) in [6.45, 7) is 2.60. The average Bonchev–Trinajstić information content (AvgIpc) is 2.27. The Balaban J connectivity index is 2.73. The third kappa shape index (κ3) is 3.66. The van der Waals surface area contributed by atoms with Gasteiger partial charge in [0.25, 0.3) is 11.8 Å². The predicted octanol–water partition coefficient (Wildman–Crippen LogP) is 1.03. The van der Waals surface area contributed by atoms with Crippen molar-refractivity contribution in [1.29, 1.82) is 0 Å². The fourth-order valence-electron chi connectivity index (χ4n) is 0.927. The molecular formula is C10H11BrClN3O3. The standard InChI is InChI=1S/C10H11BrClN3O3/c1-10(2,18)9(17)15-14-8(16)5-3-4-13-7(12)6(5)11/h3-4,18H,1-2H3,(H,14,16)(H,15,17). The zero-order valence-corrected chi connectivity index (χ0v) is 12.0. The van der Waals surface area contributed by atoms with Crippen LogP contribution in [0.5, 0.6) is 0 Å². The highest BCUT2D eigenvalue weighted by Gasteiger charge is 2.24. The van der Waals surface area contributed by atoms with Gasteiger partial charge in [-0.1, -0.05) is 11.6 Å². The minimum atomic E-state index is -1.58. The van der Waals surface area contributed by atoms with Crippen LogP contribution in [-0.4, -0.2) is 27.5 Å². The van der Waals surface area contributed by atoms with Crippen molar-refractivity contribution in [1.82, 2.24) is 15.8 Å². The second-order valence-corrected chi connectivity index (χ2v) is 5.08. The van der Waals surface area contributed by atoms with Gasteiger partial charge in [-0.25, -0.2) is 4.98 Å². The van der Waals surface area contributed by atoms with Gasteiger partial charge in [-0.2, -0.15) is 0 Å². The first-order valence-corrected chi connectivity index (χ1v) is 6.03. The van der Waals surface area contributed by atoms with Crippen LogP contribution in [0.1, 0.15) is 24.2 Å². The highest BCUT2D eigenvalue weighted by Crippen LogP contribution is 2.23. The maximum atomic E-state index is 11.7. The van der Waals surface area contributed by atoms with Gasteiger partial charge in [-0.15, -0.1) is 0 Å². The first kappa shape index (κ1) is 14.9. The molecule has 0 bridgehead atoms. The maximum absolute atomic E-state index is 11.7. The molecular weight excluding hydrogens is 325 g/mol. The zero-order valence-electron chi connectivity index (χ0n) is 9.62. The first-order valence-electron chi connectivity index (χ1n) is 4.86. The highest BCUT2D eigenvalue weighted by atomic mass is 79.9. The molecule has 98 valence electrons. The number of nitrogens with zero attached hydrogens (tertiary/aromatic N) is 1. The summed E-state index contributed by atoms with van der Waals surface area (Å²) in [5, 5.41) is 9.50. The van der Waals surface area contributed by atoms with Gasteiger partial charge >= 0.3 is 0 Å². The molecule has 8 heteroatoms. The molecule has 1 heterocycles. The van der Waals surface area contributed by atoms with Crippen molar-refractivity contribution < 1.29 is 14.7 Å². The quantitative estimate of drug-likeness (QED) is 0.556. The minimum Gasteiger partial charge on any atom is -0.381 e. The van der Waals surface area contributed by atoms with Crippen molar-refractivity contribution in [3.63, 3.8) is 0 Å². The molecule has 6 nitrogen and oxygen atoms in total. The Morgan fingerprint density at radius 1 is 1.44 bits per heavy atom. The van der Waals surface area contributed by atoms with E-state index in [0.717, 1.165) is 0 Å². The van der Waals surface area contributed by atoms with Gasteiger partial charge in [0.15, 0.2) is 0 Å². The summed E-state index contributed by atoms with van der Waals surface area (Å²) in [6, 6.07) is 1.43. The summed E-state index contributed by atoms with van der Waals surface area (Å²) < 4.78 is 0.321. The Labute approximate surface area is 117 Å². The number of nitrogens with one attached hydrogen (secondary N) is 2. The third-order valence-corrected chi connectivity index (χ3v) is 3.25. The van der Waals surface area contributed by atoms with E-state index in [1.54, 1.807) is 0 Å². The summed E-state index contributed by atoms with van der Waals surface area (Å²) >= 11 is 8.84. The molecule has 2 amide bonds. The fourth-order valence-corrected chi connectivity index (χ4v) is 1.50. The summed E-state index contributed by atoms with van der Waals surface area (Å²) in [4.78, 5) is 26.8. The van der Waals surface area contributed by atoms with Crippen molar-refractivity contribution in [2.75, 3.05) is 0 Å². The SMILES string of the molecule is CC(C)(O)C(=O)NNC(=O)c1ccnc(Cl)c1Br. The Bertz CT molecular complexity index is 488. The summed E-state index contributed by atoms with van der Waals surface area (Å²) in [5.41, 5.74) is 2.88. The second kappa shape index (κ2) is 5.64. The number of hydrazine groups is 1. The molecule has 18 heavy (non-hydrogen) atoms. The number of carbonyl (C=O) groups is 2. The normalized spacial score (nSPS) is 10.9. The lowest BCUT2D eigenvalue weighted by molar-refractivity contribution is -0.137. The molecule has 0 aliphatic carbocycles. The van der Waals surface area contributed by atoms with Crippen molar-refractivity contribution >= 4 is 39.3 Å². The fraction of sp³-hybridized carbons (Fsp3) is 0.300. The molecule has 3 N–H and O–H groups in total. The summed E-state index contributed by atoms with van der Waals surface area (Å²) in [6.07, 6.45) is 1.36. The second-order valence-electron chi connectivity index (χ2n) is 3.93. The van der Waals surface area contributed by atoms with E-state index >= 15 is 0 Å². The van der Waals surface area contributed by atoms with Crippen LogP contribution < -0.4 is 10.9 Å². The van der Waals surface area contributed by atoms with Gasteiger partial charge < -0.3 is 5.11 Å². The highest BCUT2D eigenvalue weighted by molar-refractivity contribution is 9.10. The molecule has 1 aromatic heterocycles. The van der Waals surface area contributed by atoms with Crippen LogP contribution in [0.15, 0.2) is 16.7 Å². The number of hydrogen-bond acceptors (Lipinski definition) is 4. The molecule has 0 unspecified atom stereocenters. The molecule has 0 aromatic carbocycles. The van der Waals surface area contributed by atoms with Crippen LogP contribution in [0.4, 0.5) is 0 Å². The van der Waals surface area contributed by atoms with E-state index in [1.807, 2.05) is 0 Å². The predicted molar refractivity (Wildman–Crippen MR) is 68.9 cm³/mol. The van der Waals surface area contributed by atoms with Gasteiger partial charge in [-0.3, -0.25) is 20.4 Å². The molecule has 1 aromatic rings. The number of rotatable bonds is 2. The van der Waals surface area contributed by atoms with E-state index in [9.17, 15) is 14.7 Å². The van der Waals surface area contributed by atoms with Crippen LogP contribution in [0.2, 0.25) is 5.15 Å². The average molecular weight is 337 g/mol. The molecule has 0 aliphatic heterocycles. The Morgan fingerprint density at radius 3 is 2.61 bits per heavy atom. The third-order valence-electron chi connectivity index (χ3n) is 1.94. The first-order chi connectivity index (χ1) is 8.23. The van der Waals surface area contributed by atoms with Gasteiger partial charge in [0.05, 0.1) is 10.0 Å². The topological polar surface area (TPSA) is 91.3 Å². The minimum absolute atomic E-state index is 0.136. The molecule has 0 fully saturated rings. The molecule has 0 spiro atoms. The van der Waals surface area contributed by atoms with Crippen LogP contribution >= 0.6 is 27.5 Å². The molecule has 0 aliphatic rings. The number of pyridine rings is 1. The van der Waals surface area contributed by atoms with E-state index in [2.05, 4.69) is 31.8 Å². The lowest BCUT2D eigenvalue weighted by Gasteiger charge is -2.17. The number of hydrogen-bond donors (Lipinski definition) is 3. The number of amides is 2. The van der Waals surface area contributed by atoms with Crippen LogP contribution in [0.3, 0.4) is 0 Å². The summed E-state index contributed by atoms with van der Waals surface area (Å²) in [5.74, 6) is -1.31. The molecule has 0 radical (unpaired) electrons. The molecule has 1 rings (SSSR count). The number of halogens is 2. The number of aromatic nitrogens is 1.